The zero-order chi connectivity index (χ0) is 18.0. The number of carbonyl (C=O) groups excluding carboxylic acids is 2. The van der Waals surface area contributed by atoms with Crippen LogP contribution in [0.2, 0.25) is 0 Å². The molecule has 134 valence electrons. The summed E-state index contributed by atoms with van der Waals surface area (Å²) in [5.41, 5.74) is 1.18. The van der Waals surface area contributed by atoms with Crippen molar-refractivity contribution in [3.8, 4) is 11.5 Å². The third-order valence-corrected chi connectivity index (χ3v) is 4.66. The normalized spacial score (nSPS) is 17.4. The fourth-order valence-electron chi connectivity index (χ4n) is 3.35. The first-order valence-electron chi connectivity index (χ1n) is 8.36. The SMILES string of the molecule is CNC(=O)[C@H]1CCCCN1C(=O)c1cc2cc(OC)cc(OC)c2[nH]1. The van der Waals surface area contributed by atoms with Gasteiger partial charge in [0.25, 0.3) is 5.91 Å². The van der Waals surface area contributed by atoms with E-state index in [-0.39, 0.29) is 11.8 Å². The maximum atomic E-state index is 13.0. The molecule has 25 heavy (non-hydrogen) atoms. The fourth-order valence-corrected chi connectivity index (χ4v) is 3.35. The van der Waals surface area contributed by atoms with Crippen LogP contribution in [0.15, 0.2) is 18.2 Å². The van der Waals surface area contributed by atoms with Crippen molar-refractivity contribution in [3.05, 3.63) is 23.9 Å². The van der Waals surface area contributed by atoms with Crippen LogP contribution in [0.5, 0.6) is 11.5 Å². The highest BCUT2D eigenvalue weighted by Crippen LogP contribution is 2.32. The minimum Gasteiger partial charge on any atom is -0.497 e. The number of hydrogen-bond acceptors (Lipinski definition) is 4. The Balaban J connectivity index is 1.97. The van der Waals surface area contributed by atoms with Crippen LogP contribution in [0.1, 0.15) is 29.8 Å². The summed E-state index contributed by atoms with van der Waals surface area (Å²) < 4.78 is 10.7. The first-order chi connectivity index (χ1) is 12.1. The van der Waals surface area contributed by atoms with E-state index in [0.29, 0.717) is 30.2 Å². The summed E-state index contributed by atoms with van der Waals surface area (Å²) >= 11 is 0. The molecule has 1 aromatic carbocycles. The van der Waals surface area contributed by atoms with Gasteiger partial charge in [0.1, 0.15) is 23.2 Å². The van der Waals surface area contributed by atoms with Crippen molar-refractivity contribution in [2.24, 2.45) is 0 Å². The lowest BCUT2D eigenvalue weighted by molar-refractivity contribution is -0.126. The Morgan fingerprint density at radius 2 is 2.00 bits per heavy atom. The number of nitrogens with zero attached hydrogens (tertiary/aromatic N) is 1. The molecular weight excluding hydrogens is 322 g/mol. The van der Waals surface area contributed by atoms with Crippen molar-refractivity contribution in [1.82, 2.24) is 15.2 Å². The van der Waals surface area contributed by atoms with Gasteiger partial charge in [-0.25, -0.2) is 0 Å². The van der Waals surface area contributed by atoms with E-state index in [2.05, 4.69) is 10.3 Å². The predicted molar refractivity (Wildman–Crippen MR) is 94.1 cm³/mol. The lowest BCUT2D eigenvalue weighted by Crippen LogP contribution is -2.51. The first-order valence-corrected chi connectivity index (χ1v) is 8.36. The Morgan fingerprint density at radius 3 is 2.68 bits per heavy atom. The number of carbonyl (C=O) groups is 2. The second-order valence-corrected chi connectivity index (χ2v) is 6.10. The summed E-state index contributed by atoms with van der Waals surface area (Å²) in [4.78, 5) is 29.9. The highest BCUT2D eigenvalue weighted by atomic mass is 16.5. The smallest absolute Gasteiger partial charge is 0.270 e. The van der Waals surface area contributed by atoms with Gasteiger partial charge in [0.2, 0.25) is 5.91 Å². The number of rotatable bonds is 4. The number of piperidine rings is 1. The zero-order valence-corrected chi connectivity index (χ0v) is 14.7. The van der Waals surface area contributed by atoms with Crippen LogP contribution in [0, 0.1) is 0 Å². The molecule has 1 fully saturated rings. The number of benzene rings is 1. The highest BCUT2D eigenvalue weighted by molar-refractivity contribution is 6.01. The van der Waals surface area contributed by atoms with Gasteiger partial charge in [-0.2, -0.15) is 0 Å². The molecule has 2 N–H and O–H groups in total. The molecule has 7 nitrogen and oxygen atoms in total. The molecule has 0 spiro atoms. The Morgan fingerprint density at radius 1 is 1.20 bits per heavy atom. The van der Waals surface area contributed by atoms with Crippen LogP contribution in [0.3, 0.4) is 0 Å². The molecule has 0 saturated carbocycles. The van der Waals surface area contributed by atoms with Crippen molar-refractivity contribution < 1.29 is 19.1 Å². The number of fused-ring (bicyclic) bond motifs is 1. The minimum absolute atomic E-state index is 0.122. The number of likely N-dealkylation sites (tertiary alicyclic amines) is 1. The highest BCUT2D eigenvalue weighted by Gasteiger charge is 2.32. The van der Waals surface area contributed by atoms with E-state index in [4.69, 9.17) is 9.47 Å². The second kappa shape index (κ2) is 7.04. The van der Waals surface area contributed by atoms with Gasteiger partial charge in [-0.15, -0.1) is 0 Å². The monoisotopic (exact) mass is 345 g/mol. The van der Waals surface area contributed by atoms with Crippen molar-refractivity contribution in [1.29, 1.82) is 0 Å². The Hall–Kier alpha value is -2.70. The topological polar surface area (TPSA) is 83.7 Å². The lowest BCUT2D eigenvalue weighted by atomic mass is 10.0. The van der Waals surface area contributed by atoms with E-state index in [1.54, 1.807) is 38.3 Å². The molecule has 0 bridgehead atoms. The predicted octanol–water partition coefficient (Wildman–Crippen LogP) is 1.93. The van der Waals surface area contributed by atoms with Crippen molar-refractivity contribution in [2.45, 2.75) is 25.3 Å². The maximum absolute atomic E-state index is 13.0. The second-order valence-electron chi connectivity index (χ2n) is 6.10. The third-order valence-electron chi connectivity index (χ3n) is 4.66. The Labute approximate surface area is 146 Å². The van der Waals surface area contributed by atoms with Crippen LogP contribution in [-0.4, -0.2) is 55.6 Å². The molecule has 2 heterocycles. The number of aromatic amines is 1. The molecule has 2 aromatic rings. The average molecular weight is 345 g/mol. The maximum Gasteiger partial charge on any atom is 0.270 e. The number of aromatic nitrogens is 1. The molecule has 1 saturated heterocycles. The number of likely N-dealkylation sites (N-methyl/N-ethyl adjacent to an activating group) is 1. The van der Waals surface area contributed by atoms with Gasteiger partial charge in [0, 0.05) is 25.0 Å². The van der Waals surface area contributed by atoms with Gasteiger partial charge in [-0.3, -0.25) is 9.59 Å². The van der Waals surface area contributed by atoms with E-state index >= 15 is 0 Å². The standard InChI is InChI=1S/C18H23N3O4/c1-19-17(22)14-6-4-5-7-21(14)18(23)13-9-11-8-12(24-2)10-15(25-3)16(11)20-13/h8-10,14,20H,4-7H2,1-3H3,(H,19,22)/t14-/m1/s1. The number of H-pyrrole nitrogens is 1. The summed E-state index contributed by atoms with van der Waals surface area (Å²) in [5, 5.41) is 3.48. The van der Waals surface area contributed by atoms with Crippen LogP contribution < -0.4 is 14.8 Å². The molecular formula is C18H23N3O4. The quantitative estimate of drug-likeness (QED) is 0.887. The minimum atomic E-state index is -0.422. The van der Waals surface area contributed by atoms with Crippen LogP contribution in [-0.2, 0) is 4.79 Å². The van der Waals surface area contributed by atoms with Gasteiger partial charge in [0.15, 0.2) is 0 Å². The van der Waals surface area contributed by atoms with Gasteiger partial charge >= 0.3 is 0 Å². The van der Waals surface area contributed by atoms with Gasteiger partial charge in [-0.1, -0.05) is 0 Å². The Kier molecular flexibility index (Phi) is 4.83. The molecule has 1 aliphatic rings. The summed E-state index contributed by atoms with van der Waals surface area (Å²) in [6.45, 7) is 0.576. The fraction of sp³-hybridized carbons (Fsp3) is 0.444. The van der Waals surface area contributed by atoms with E-state index in [0.717, 1.165) is 23.7 Å². The Bertz CT molecular complexity index is 799. The van der Waals surface area contributed by atoms with E-state index in [1.165, 1.54) is 0 Å². The number of nitrogens with one attached hydrogen (secondary N) is 2. The molecule has 1 aliphatic heterocycles. The van der Waals surface area contributed by atoms with E-state index in [1.807, 2.05) is 6.07 Å². The number of ether oxygens (including phenoxy) is 2. The molecule has 0 radical (unpaired) electrons. The summed E-state index contributed by atoms with van der Waals surface area (Å²) in [7, 11) is 4.75. The van der Waals surface area contributed by atoms with Crippen molar-refractivity contribution >= 4 is 22.7 Å². The molecule has 2 amide bonds. The van der Waals surface area contributed by atoms with Crippen molar-refractivity contribution in [2.75, 3.05) is 27.8 Å². The van der Waals surface area contributed by atoms with Crippen molar-refractivity contribution in [3.63, 3.8) is 0 Å². The van der Waals surface area contributed by atoms with Gasteiger partial charge < -0.3 is 24.7 Å². The van der Waals surface area contributed by atoms with Crippen LogP contribution in [0.25, 0.3) is 10.9 Å². The molecule has 0 aliphatic carbocycles. The van der Waals surface area contributed by atoms with E-state index < -0.39 is 6.04 Å². The number of amides is 2. The summed E-state index contributed by atoms with van der Waals surface area (Å²) in [6.07, 6.45) is 2.53. The average Bonchev–Trinajstić information content (AvgIpc) is 3.09. The van der Waals surface area contributed by atoms with Gasteiger partial charge in [0.05, 0.1) is 19.7 Å². The largest absolute Gasteiger partial charge is 0.497 e. The number of methoxy groups -OCH3 is 2. The molecule has 1 aromatic heterocycles. The van der Waals surface area contributed by atoms with Crippen LogP contribution >= 0.6 is 0 Å². The first kappa shape index (κ1) is 17.1. The van der Waals surface area contributed by atoms with Crippen LogP contribution in [0.4, 0.5) is 0 Å². The van der Waals surface area contributed by atoms with E-state index in [9.17, 15) is 9.59 Å². The third kappa shape index (κ3) is 3.14. The zero-order valence-electron chi connectivity index (χ0n) is 14.7. The molecule has 3 rings (SSSR count). The summed E-state index contributed by atoms with van der Waals surface area (Å²) in [5.74, 6) is 0.965. The lowest BCUT2D eigenvalue weighted by Gasteiger charge is -2.34. The molecule has 0 unspecified atom stereocenters. The van der Waals surface area contributed by atoms with Gasteiger partial charge in [-0.05, 0) is 31.4 Å². The molecule has 7 heteroatoms. The molecule has 1 atom stereocenters. The number of hydrogen-bond donors (Lipinski definition) is 2. The summed E-state index contributed by atoms with van der Waals surface area (Å²) in [6, 6.07) is 4.96.